The highest BCUT2D eigenvalue weighted by Gasteiger charge is 2.21. The van der Waals surface area contributed by atoms with E-state index < -0.39 is 0 Å². The van der Waals surface area contributed by atoms with Gasteiger partial charge in [-0.2, -0.15) is 0 Å². The summed E-state index contributed by atoms with van der Waals surface area (Å²) in [5, 5.41) is 10.1. The Kier molecular flexibility index (Phi) is 4.49. The van der Waals surface area contributed by atoms with Crippen molar-refractivity contribution in [1.29, 1.82) is 0 Å². The lowest BCUT2D eigenvalue weighted by atomic mass is 10.1. The number of halogens is 1. The Hall–Kier alpha value is -0.770. The molecule has 1 aliphatic rings. The summed E-state index contributed by atoms with van der Waals surface area (Å²) in [4.78, 5) is 4.57. The molecular weight excluding hydrogens is 248 g/mol. The first-order chi connectivity index (χ1) is 8.61. The Balaban J connectivity index is 2.08. The number of nitrogens with zero attached hydrogens (tertiary/aromatic N) is 2. The van der Waals surface area contributed by atoms with E-state index in [0.717, 1.165) is 24.3 Å². The van der Waals surface area contributed by atoms with E-state index in [1.807, 2.05) is 18.2 Å². The van der Waals surface area contributed by atoms with Crippen molar-refractivity contribution in [3.63, 3.8) is 0 Å². The van der Waals surface area contributed by atoms with Crippen LogP contribution >= 0.6 is 11.6 Å². The van der Waals surface area contributed by atoms with Gasteiger partial charge in [0.15, 0.2) is 0 Å². The van der Waals surface area contributed by atoms with E-state index in [4.69, 9.17) is 11.6 Å². The molecule has 0 aromatic heterocycles. The van der Waals surface area contributed by atoms with Crippen LogP contribution in [0.2, 0.25) is 5.02 Å². The monoisotopic (exact) mass is 268 g/mol. The van der Waals surface area contributed by atoms with Crippen LogP contribution in [0.5, 0.6) is 0 Å². The highest BCUT2D eigenvalue weighted by Crippen LogP contribution is 2.28. The smallest absolute Gasteiger partial charge is 0.0716 e. The van der Waals surface area contributed by atoms with Crippen LogP contribution in [0.1, 0.15) is 12.0 Å². The molecule has 1 unspecified atom stereocenters. The molecule has 100 valence electrons. The summed E-state index contributed by atoms with van der Waals surface area (Å²) in [5.41, 5.74) is 1.87. The molecule has 18 heavy (non-hydrogen) atoms. The Morgan fingerprint density at radius 2 is 2.28 bits per heavy atom. The zero-order valence-corrected chi connectivity index (χ0v) is 11.8. The lowest BCUT2D eigenvalue weighted by Gasteiger charge is -2.25. The fraction of sp³-hybridized carbons (Fsp3) is 0.571. The van der Waals surface area contributed by atoms with Gasteiger partial charge in [-0.3, -0.25) is 0 Å². The second-order valence-electron chi connectivity index (χ2n) is 5.19. The normalized spacial score (nSPS) is 20.3. The highest BCUT2D eigenvalue weighted by atomic mass is 35.5. The van der Waals surface area contributed by atoms with Gasteiger partial charge in [-0.05, 0) is 38.1 Å². The number of hydrogen-bond acceptors (Lipinski definition) is 3. The summed E-state index contributed by atoms with van der Waals surface area (Å²) in [6, 6.07) is 5.79. The number of hydrogen-bond donors (Lipinski definition) is 1. The van der Waals surface area contributed by atoms with Gasteiger partial charge in [-0.1, -0.05) is 17.7 Å². The van der Waals surface area contributed by atoms with E-state index in [1.54, 1.807) is 0 Å². The summed E-state index contributed by atoms with van der Waals surface area (Å²) >= 11 is 6.12. The molecule has 0 spiro atoms. The van der Waals surface area contributed by atoms with Crippen molar-refractivity contribution in [2.45, 2.75) is 13.0 Å². The largest absolute Gasteiger partial charge is 0.392 e. The summed E-state index contributed by atoms with van der Waals surface area (Å²) in [6.07, 6.45) is 1.25. The third kappa shape index (κ3) is 2.97. The van der Waals surface area contributed by atoms with Crippen molar-refractivity contribution in [3.05, 3.63) is 28.8 Å². The van der Waals surface area contributed by atoms with Crippen molar-refractivity contribution < 1.29 is 5.11 Å². The topological polar surface area (TPSA) is 26.7 Å². The first-order valence-electron chi connectivity index (χ1n) is 6.39. The van der Waals surface area contributed by atoms with Crippen LogP contribution in [0.15, 0.2) is 18.2 Å². The molecule has 2 rings (SSSR count). The van der Waals surface area contributed by atoms with Crippen LogP contribution in [-0.4, -0.2) is 43.7 Å². The van der Waals surface area contributed by atoms with Gasteiger partial charge in [0.2, 0.25) is 0 Å². The number of aliphatic hydroxyl groups is 1. The molecule has 0 aliphatic carbocycles. The molecule has 0 radical (unpaired) electrons. The van der Waals surface area contributed by atoms with E-state index in [1.165, 1.54) is 13.0 Å². The Labute approximate surface area is 114 Å². The SMILES string of the molecule is CN1CCC(CN(C)c2cccc(Cl)c2CO)C1. The van der Waals surface area contributed by atoms with Crippen molar-refractivity contribution in [2.75, 3.05) is 38.6 Å². The van der Waals surface area contributed by atoms with Gasteiger partial charge in [0.05, 0.1) is 6.61 Å². The van der Waals surface area contributed by atoms with Gasteiger partial charge in [0, 0.05) is 36.4 Å². The lowest BCUT2D eigenvalue weighted by Crippen LogP contribution is -2.28. The standard InChI is InChI=1S/C14H21ClN2O/c1-16-7-6-11(8-16)9-17(2)14-5-3-4-13(15)12(14)10-18/h3-5,11,18H,6-10H2,1-2H3. The quantitative estimate of drug-likeness (QED) is 0.907. The van der Waals surface area contributed by atoms with Crippen LogP contribution in [-0.2, 0) is 6.61 Å². The number of anilines is 1. The van der Waals surface area contributed by atoms with E-state index in [2.05, 4.69) is 23.9 Å². The van der Waals surface area contributed by atoms with E-state index in [0.29, 0.717) is 10.9 Å². The third-order valence-corrected chi connectivity index (χ3v) is 4.04. The zero-order valence-electron chi connectivity index (χ0n) is 11.1. The summed E-state index contributed by atoms with van der Waals surface area (Å²) < 4.78 is 0. The highest BCUT2D eigenvalue weighted by molar-refractivity contribution is 6.31. The molecule has 1 aromatic carbocycles. The van der Waals surface area contributed by atoms with Crippen LogP contribution in [0.3, 0.4) is 0 Å². The average molecular weight is 269 g/mol. The number of likely N-dealkylation sites (tertiary alicyclic amines) is 1. The van der Waals surface area contributed by atoms with Crippen molar-refractivity contribution in [1.82, 2.24) is 4.90 Å². The molecular formula is C14H21ClN2O. The van der Waals surface area contributed by atoms with Crippen molar-refractivity contribution in [2.24, 2.45) is 5.92 Å². The van der Waals surface area contributed by atoms with Crippen LogP contribution in [0, 0.1) is 5.92 Å². The molecule has 1 N–H and O–H groups in total. The molecule has 1 aliphatic heterocycles. The van der Waals surface area contributed by atoms with Crippen LogP contribution < -0.4 is 4.90 Å². The minimum absolute atomic E-state index is 0.0100. The van der Waals surface area contributed by atoms with Gasteiger partial charge in [0.1, 0.15) is 0 Å². The lowest BCUT2D eigenvalue weighted by molar-refractivity contribution is 0.282. The number of aliphatic hydroxyl groups excluding tert-OH is 1. The molecule has 1 aromatic rings. The van der Waals surface area contributed by atoms with Gasteiger partial charge in [0.25, 0.3) is 0 Å². The number of rotatable bonds is 4. The van der Waals surface area contributed by atoms with Gasteiger partial charge in [-0.15, -0.1) is 0 Å². The van der Waals surface area contributed by atoms with Crippen LogP contribution in [0.4, 0.5) is 5.69 Å². The summed E-state index contributed by atoms with van der Waals surface area (Å²) in [5.74, 6) is 0.700. The molecule has 1 fully saturated rings. The maximum absolute atomic E-state index is 9.43. The van der Waals surface area contributed by atoms with Crippen molar-refractivity contribution in [3.8, 4) is 0 Å². The molecule has 1 atom stereocenters. The predicted octanol–water partition coefficient (Wildman–Crippen LogP) is 2.22. The minimum Gasteiger partial charge on any atom is -0.392 e. The Morgan fingerprint density at radius 3 is 2.89 bits per heavy atom. The Bertz CT molecular complexity index is 411. The molecule has 1 heterocycles. The third-order valence-electron chi connectivity index (χ3n) is 3.68. The van der Waals surface area contributed by atoms with Gasteiger partial charge >= 0.3 is 0 Å². The minimum atomic E-state index is -0.0100. The maximum Gasteiger partial charge on any atom is 0.0716 e. The summed E-state index contributed by atoms with van der Waals surface area (Å²) in [7, 11) is 4.24. The first-order valence-corrected chi connectivity index (χ1v) is 6.77. The molecule has 0 bridgehead atoms. The first kappa shape index (κ1) is 13.7. The molecule has 0 amide bonds. The average Bonchev–Trinajstić information content (AvgIpc) is 2.74. The maximum atomic E-state index is 9.43. The predicted molar refractivity (Wildman–Crippen MR) is 76.2 cm³/mol. The zero-order chi connectivity index (χ0) is 13.1. The van der Waals surface area contributed by atoms with Gasteiger partial charge in [-0.25, -0.2) is 0 Å². The van der Waals surface area contributed by atoms with Crippen LogP contribution in [0.25, 0.3) is 0 Å². The molecule has 1 saturated heterocycles. The fourth-order valence-corrected chi connectivity index (χ4v) is 2.95. The molecule has 3 nitrogen and oxygen atoms in total. The second-order valence-corrected chi connectivity index (χ2v) is 5.60. The van der Waals surface area contributed by atoms with Crippen molar-refractivity contribution >= 4 is 17.3 Å². The fourth-order valence-electron chi connectivity index (χ4n) is 2.72. The van der Waals surface area contributed by atoms with Gasteiger partial charge < -0.3 is 14.9 Å². The van der Waals surface area contributed by atoms with E-state index >= 15 is 0 Å². The van der Waals surface area contributed by atoms with E-state index in [9.17, 15) is 5.11 Å². The number of benzene rings is 1. The van der Waals surface area contributed by atoms with E-state index in [-0.39, 0.29) is 6.61 Å². The second kappa shape index (κ2) is 5.91. The molecule has 0 saturated carbocycles. The Morgan fingerprint density at radius 1 is 1.50 bits per heavy atom. The molecule has 4 heteroatoms. The summed E-state index contributed by atoms with van der Waals surface area (Å²) in [6.45, 7) is 3.34.